The number of hydrogen-bond donors (Lipinski definition) is 1. The molecule has 1 N–H and O–H groups in total. The molecule has 2 fully saturated rings. The van der Waals surface area contributed by atoms with Crippen molar-refractivity contribution in [3.63, 3.8) is 0 Å². The van der Waals surface area contributed by atoms with Crippen LogP contribution in [0.4, 0.5) is 5.69 Å². The van der Waals surface area contributed by atoms with Crippen LogP contribution in [0.2, 0.25) is 0 Å². The molecule has 0 spiro atoms. The normalized spacial score (nSPS) is 23.3. The number of likely N-dealkylation sites (tertiary alicyclic amines) is 1. The van der Waals surface area contributed by atoms with Gasteiger partial charge in [-0.2, -0.15) is 0 Å². The predicted octanol–water partition coefficient (Wildman–Crippen LogP) is 2.68. The number of amides is 3. The van der Waals surface area contributed by atoms with Gasteiger partial charge in [0.05, 0.1) is 11.8 Å². The van der Waals surface area contributed by atoms with Gasteiger partial charge in [0.1, 0.15) is 6.04 Å². The lowest BCUT2D eigenvalue weighted by molar-refractivity contribution is -0.163. The zero-order valence-electron chi connectivity index (χ0n) is 17.1. The Morgan fingerprint density at radius 1 is 1.07 bits per heavy atom. The second-order valence-corrected chi connectivity index (χ2v) is 7.84. The molecule has 1 saturated heterocycles. The Hall–Kier alpha value is -2.70. The molecule has 0 radical (unpaired) electrons. The number of nitrogens with one attached hydrogen (secondary N) is 1. The van der Waals surface area contributed by atoms with Gasteiger partial charge in [-0.05, 0) is 50.8 Å². The molecule has 1 saturated carbocycles. The van der Waals surface area contributed by atoms with Gasteiger partial charge in [-0.1, -0.05) is 31.9 Å². The van der Waals surface area contributed by atoms with Crippen LogP contribution in [0.25, 0.3) is 0 Å². The lowest BCUT2D eigenvalue weighted by Crippen LogP contribution is -2.46. The minimum atomic E-state index is -1.05. The second-order valence-electron chi connectivity index (χ2n) is 7.84. The van der Waals surface area contributed by atoms with Crippen LogP contribution < -0.4 is 5.32 Å². The Morgan fingerprint density at radius 3 is 2.14 bits per heavy atom. The molecule has 3 rings (SSSR count). The second kappa shape index (κ2) is 8.76. The molecule has 156 valence electrons. The van der Waals surface area contributed by atoms with E-state index in [1.54, 1.807) is 12.1 Å². The molecule has 0 unspecified atom stereocenters. The van der Waals surface area contributed by atoms with Crippen LogP contribution in [0, 0.1) is 11.8 Å². The van der Waals surface area contributed by atoms with Crippen LogP contribution in [0.1, 0.15) is 52.0 Å². The summed E-state index contributed by atoms with van der Waals surface area (Å²) in [6.07, 6.45) is 3.06. The van der Waals surface area contributed by atoms with E-state index in [9.17, 15) is 19.2 Å². The number of hydrogen-bond acceptors (Lipinski definition) is 5. The highest BCUT2D eigenvalue weighted by molar-refractivity contribution is 6.08. The minimum absolute atomic E-state index is 0.294. The van der Waals surface area contributed by atoms with Gasteiger partial charge in [-0.25, -0.2) is 4.79 Å². The van der Waals surface area contributed by atoms with Crippen molar-refractivity contribution in [2.24, 2.45) is 11.8 Å². The third-order valence-electron chi connectivity index (χ3n) is 5.90. The minimum Gasteiger partial charge on any atom is -0.451 e. The van der Waals surface area contributed by atoms with Crippen LogP contribution in [0.3, 0.4) is 0 Å². The summed E-state index contributed by atoms with van der Waals surface area (Å²) in [7, 11) is 0. The first-order chi connectivity index (χ1) is 13.8. The number of esters is 1. The van der Waals surface area contributed by atoms with E-state index >= 15 is 0 Å². The first-order valence-electron chi connectivity index (χ1n) is 10.3. The number of carbonyl (C=O) groups is 4. The SMILES string of the molecule is CCc1ccc(NC(=O)[C@@H](C)OC(=O)[C@H](C)N2C(=O)[C@H]3CCCC[C@H]3C2=O)cc1. The van der Waals surface area contributed by atoms with E-state index in [0.29, 0.717) is 18.5 Å². The zero-order valence-corrected chi connectivity index (χ0v) is 17.1. The van der Waals surface area contributed by atoms with Gasteiger partial charge in [0.25, 0.3) is 5.91 Å². The fraction of sp³-hybridized carbons (Fsp3) is 0.545. The van der Waals surface area contributed by atoms with Crippen LogP contribution in [0.15, 0.2) is 24.3 Å². The van der Waals surface area contributed by atoms with E-state index in [4.69, 9.17) is 4.74 Å². The average Bonchev–Trinajstić information content (AvgIpc) is 2.98. The first kappa shape index (κ1) is 21.0. The molecule has 2 aliphatic rings. The van der Waals surface area contributed by atoms with E-state index in [1.165, 1.54) is 13.8 Å². The lowest BCUT2D eigenvalue weighted by atomic mass is 9.81. The van der Waals surface area contributed by atoms with Gasteiger partial charge >= 0.3 is 5.97 Å². The Balaban J connectivity index is 1.58. The van der Waals surface area contributed by atoms with Crippen molar-refractivity contribution in [1.29, 1.82) is 0 Å². The molecule has 4 atom stereocenters. The number of nitrogens with zero attached hydrogens (tertiary/aromatic N) is 1. The number of rotatable bonds is 6. The lowest BCUT2D eigenvalue weighted by Gasteiger charge is -2.23. The summed E-state index contributed by atoms with van der Waals surface area (Å²) in [6, 6.07) is 6.37. The molecule has 1 aliphatic heterocycles. The van der Waals surface area contributed by atoms with Crippen LogP contribution >= 0.6 is 0 Å². The maximum absolute atomic E-state index is 12.6. The predicted molar refractivity (Wildman–Crippen MR) is 107 cm³/mol. The molecule has 7 nitrogen and oxygen atoms in total. The largest absolute Gasteiger partial charge is 0.451 e. The standard InChI is InChI=1S/C22H28N2O5/c1-4-15-9-11-16(12-10-15)23-19(25)14(3)29-22(28)13(2)24-20(26)17-7-5-6-8-18(17)21(24)27/h9-14,17-18H,4-8H2,1-3H3,(H,23,25)/t13-,14+,17-,18+/m0/s1. The monoisotopic (exact) mass is 400 g/mol. The Labute approximate surface area is 170 Å². The Bertz CT molecular complexity index is 780. The van der Waals surface area contributed by atoms with Crippen molar-refractivity contribution in [2.45, 2.75) is 65.0 Å². The molecule has 3 amide bonds. The fourth-order valence-electron chi connectivity index (χ4n) is 4.07. The maximum Gasteiger partial charge on any atom is 0.329 e. The zero-order chi connectivity index (χ0) is 21.1. The summed E-state index contributed by atoms with van der Waals surface area (Å²) >= 11 is 0. The van der Waals surface area contributed by atoms with Crippen molar-refractivity contribution in [3.05, 3.63) is 29.8 Å². The molecule has 0 bridgehead atoms. The van der Waals surface area contributed by atoms with Gasteiger partial charge in [0.2, 0.25) is 11.8 Å². The number of fused-ring (bicyclic) bond motifs is 1. The smallest absolute Gasteiger partial charge is 0.329 e. The van der Waals surface area contributed by atoms with E-state index in [1.807, 2.05) is 19.1 Å². The quantitative estimate of drug-likeness (QED) is 0.585. The van der Waals surface area contributed by atoms with Crippen molar-refractivity contribution in [1.82, 2.24) is 4.90 Å². The number of benzene rings is 1. The average molecular weight is 400 g/mol. The molecule has 1 heterocycles. The number of anilines is 1. The summed E-state index contributed by atoms with van der Waals surface area (Å²) in [5, 5.41) is 2.70. The van der Waals surface area contributed by atoms with Crippen molar-refractivity contribution in [2.75, 3.05) is 5.32 Å². The maximum atomic E-state index is 12.6. The highest BCUT2D eigenvalue weighted by atomic mass is 16.5. The summed E-state index contributed by atoms with van der Waals surface area (Å²) in [6.45, 7) is 4.98. The third kappa shape index (κ3) is 4.33. The Morgan fingerprint density at radius 2 is 1.62 bits per heavy atom. The van der Waals surface area contributed by atoms with Crippen LogP contribution in [-0.2, 0) is 30.3 Å². The first-order valence-corrected chi connectivity index (χ1v) is 10.3. The van der Waals surface area contributed by atoms with Gasteiger partial charge in [0, 0.05) is 5.69 Å². The number of imide groups is 1. The summed E-state index contributed by atoms with van der Waals surface area (Å²) in [4.78, 5) is 51.2. The number of ether oxygens (including phenoxy) is 1. The van der Waals surface area contributed by atoms with Gasteiger partial charge in [0.15, 0.2) is 6.10 Å². The number of aryl methyl sites for hydroxylation is 1. The topological polar surface area (TPSA) is 92.8 Å². The number of carbonyl (C=O) groups excluding carboxylic acids is 4. The Kier molecular flexibility index (Phi) is 6.35. The van der Waals surface area contributed by atoms with E-state index < -0.39 is 24.0 Å². The van der Waals surface area contributed by atoms with E-state index in [0.717, 1.165) is 29.7 Å². The van der Waals surface area contributed by atoms with Gasteiger partial charge in [-0.15, -0.1) is 0 Å². The molecular weight excluding hydrogens is 372 g/mol. The molecule has 1 aliphatic carbocycles. The van der Waals surface area contributed by atoms with Crippen LogP contribution in [-0.4, -0.2) is 40.7 Å². The third-order valence-corrected chi connectivity index (χ3v) is 5.90. The van der Waals surface area contributed by atoms with Crippen LogP contribution in [0.5, 0.6) is 0 Å². The van der Waals surface area contributed by atoms with Crippen molar-refractivity contribution in [3.8, 4) is 0 Å². The highest BCUT2D eigenvalue weighted by Gasteiger charge is 2.51. The summed E-state index contributed by atoms with van der Waals surface area (Å²) in [5.74, 6) is -2.46. The van der Waals surface area contributed by atoms with Crippen molar-refractivity contribution >= 4 is 29.4 Å². The molecule has 1 aromatic carbocycles. The van der Waals surface area contributed by atoms with Gasteiger partial charge < -0.3 is 10.1 Å². The summed E-state index contributed by atoms with van der Waals surface area (Å²) < 4.78 is 5.26. The highest BCUT2D eigenvalue weighted by Crippen LogP contribution is 2.38. The molecule has 0 aromatic heterocycles. The molecular formula is C22H28N2O5. The van der Waals surface area contributed by atoms with E-state index in [-0.39, 0.29) is 23.7 Å². The van der Waals surface area contributed by atoms with E-state index in [2.05, 4.69) is 5.32 Å². The van der Waals surface area contributed by atoms with Gasteiger partial charge in [-0.3, -0.25) is 19.3 Å². The summed E-state index contributed by atoms with van der Waals surface area (Å²) in [5.41, 5.74) is 1.76. The van der Waals surface area contributed by atoms with Crippen molar-refractivity contribution < 1.29 is 23.9 Å². The molecule has 29 heavy (non-hydrogen) atoms. The fourth-order valence-corrected chi connectivity index (χ4v) is 4.07. The molecule has 1 aromatic rings. The molecule has 7 heteroatoms.